The second-order valence-corrected chi connectivity index (χ2v) is 4.33. The van der Waals surface area contributed by atoms with Crippen molar-refractivity contribution in [2.75, 3.05) is 19.8 Å². The van der Waals surface area contributed by atoms with Crippen molar-refractivity contribution in [3.8, 4) is 0 Å². The zero-order valence-electron chi connectivity index (χ0n) is 8.46. The number of rotatable bonds is 1. The maximum Gasteiger partial charge on any atom is 1.00 e. The van der Waals surface area contributed by atoms with E-state index in [9.17, 15) is 5.11 Å². The first kappa shape index (κ1) is 12.6. The minimum absolute atomic E-state index is 0. The van der Waals surface area contributed by atoms with Crippen molar-refractivity contribution in [1.82, 2.24) is 4.90 Å². The molecule has 4 heteroatoms. The summed E-state index contributed by atoms with van der Waals surface area (Å²) in [6.45, 7) is 2.88. The van der Waals surface area contributed by atoms with Gasteiger partial charge in [-0.3, -0.25) is 4.90 Å². The first-order chi connectivity index (χ1) is 5.74. The van der Waals surface area contributed by atoms with Gasteiger partial charge in [-0.1, -0.05) is 12.8 Å². The molecule has 2 rings (SSSR count). The average Bonchev–Trinajstić information content (AvgIpc) is 2.04. The molecule has 0 aromatic heterocycles. The summed E-state index contributed by atoms with van der Waals surface area (Å²) in [4.78, 5) is 2.27. The van der Waals surface area contributed by atoms with Gasteiger partial charge < -0.3 is 10.8 Å². The molecule has 0 bridgehead atoms. The summed E-state index contributed by atoms with van der Waals surface area (Å²) >= 11 is 0. The van der Waals surface area contributed by atoms with Crippen LogP contribution in [0, 0.1) is 5.41 Å². The predicted octanol–water partition coefficient (Wildman–Crippen LogP) is -3.49. The molecule has 0 unspecified atom stereocenters. The molecule has 1 saturated heterocycles. The first-order valence-electron chi connectivity index (χ1n) is 4.82. The van der Waals surface area contributed by atoms with Crippen LogP contribution >= 0.6 is 0 Å². The zero-order chi connectivity index (χ0) is 8.60. The van der Waals surface area contributed by atoms with E-state index in [1.165, 1.54) is 12.8 Å². The Morgan fingerprint density at radius 1 is 1.31 bits per heavy atom. The second-order valence-electron chi connectivity index (χ2n) is 4.33. The van der Waals surface area contributed by atoms with Gasteiger partial charge in [0.2, 0.25) is 0 Å². The topological polar surface area (TPSA) is 52.3 Å². The molecule has 3 nitrogen and oxygen atoms in total. The molecule has 0 aromatic carbocycles. The molecular formula is C9H17KN2O. The van der Waals surface area contributed by atoms with Crippen molar-refractivity contribution in [1.29, 1.82) is 0 Å². The molecule has 0 aromatic rings. The number of nitrogens with two attached hydrogens (primary N) is 1. The smallest absolute Gasteiger partial charge is 0.852 e. The van der Waals surface area contributed by atoms with Crippen LogP contribution < -0.4 is 62.2 Å². The third-order valence-electron chi connectivity index (χ3n) is 3.50. The van der Waals surface area contributed by atoms with Crippen molar-refractivity contribution < 1.29 is 56.5 Å². The van der Waals surface area contributed by atoms with Gasteiger partial charge in [-0.25, -0.2) is 0 Å². The van der Waals surface area contributed by atoms with Gasteiger partial charge in [-0.15, -0.1) is 6.10 Å². The summed E-state index contributed by atoms with van der Waals surface area (Å²) in [6.07, 6.45) is 3.98. The van der Waals surface area contributed by atoms with Crippen molar-refractivity contribution in [3.05, 3.63) is 0 Å². The van der Waals surface area contributed by atoms with E-state index in [4.69, 9.17) is 5.73 Å². The molecule has 13 heavy (non-hydrogen) atoms. The van der Waals surface area contributed by atoms with Gasteiger partial charge >= 0.3 is 51.4 Å². The van der Waals surface area contributed by atoms with Gasteiger partial charge in [0.15, 0.2) is 0 Å². The summed E-state index contributed by atoms with van der Waals surface area (Å²) in [6, 6.07) is 0. The maximum atomic E-state index is 11.0. The van der Waals surface area contributed by atoms with E-state index in [1.807, 2.05) is 0 Å². The van der Waals surface area contributed by atoms with E-state index in [0.717, 1.165) is 25.9 Å². The SMILES string of the molecule is NCN1CCC2(CC1)CC([O-])C2.[K+]. The van der Waals surface area contributed by atoms with E-state index >= 15 is 0 Å². The molecular weight excluding hydrogens is 191 g/mol. The van der Waals surface area contributed by atoms with Crippen LogP contribution in [0.1, 0.15) is 25.7 Å². The third-order valence-corrected chi connectivity index (χ3v) is 3.50. The Balaban J connectivity index is 0.000000845. The summed E-state index contributed by atoms with van der Waals surface area (Å²) in [5, 5.41) is 11.0. The van der Waals surface area contributed by atoms with E-state index in [0.29, 0.717) is 12.1 Å². The summed E-state index contributed by atoms with van der Waals surface area (Å²) in [5.74, 6) is 0. The van der Waals surface area contributed by atoms with Crippen LogP contribution in [0.5, 0.6) is 0 Å². The quantitative estimate of drug-likeness (QED) is 0.455. The minimum atomic E-state index is -0.255. The van der Waals surface area contributed by atoms with Crippen LogP contribution in [0.15, 0.2) is 0 Å². The Hall–Kier alpha value is 1.52. The van der Waals surface area contributed by atoms with E-state index < -0.39 is 0 Å². The van der Waals surface area contributed by atoms with Crippen LogP contribution in [0.3, 0.4) is 0 Å². The van der Waals surface area contributed by atoms with Crippen LogP contribution in [0.4, 0.5) is 0 Å². The van der Waals surface area contributed by atoms with Gasteiger partial charge in [0, 0.05) is 6.67 Å². The largest absolute Gasteiger partial charge is 1.00 e. The number of likely N-dealkylation sites (tertiary alicyclic amines) is 1. The standard InChI is InChI=1S/C9H17N2O.K/c10-7-11-3-1-9(2-4-11)5-8(12)6-9;/h8H,1-7,10H2;/q-1;+1. The third kappa shape index (κ3) is 2.75. The number of hydrogen-bond acceptors (Lipinski definition) is 3. The van der Waals surface area contributed by atoms with Crippen LogP contribution in [-0.2, 0) is 0 Å². The first-order valence-corrected chi connectivity index (χ1v) is 4.82. The summed E-state index contributed by atoms with van der Waals surface area (Å²) in [7, 11) is 0. The van der Waals surface area contributed by atoms with Gasteiger partial charge in [-0.05, 0) is 31.3 Å². The number of piperidine rings is 1. The molecule has 2 N–H and O–H groups in total. The molecule has 1 aliphatic carbocycles. The van der Waals surface area contributed by atoms with Crippen molar-refractivity contribution >= 4 is 0 Å². The normalized spacial score (nSPS) is 28.2. The van der Waals surface area contributed by atoms with Crippen LogP contribution in [0.2, 0.25) is 0 Å². The van der Waals surface area contributed by atoms with Crippen molar-refractivity contribution in [3.63, 3.8) is 0 Å². The fourth-order valence-corrected chi connectivity index (χ4v) is 2.52. The fraction of sp³-hybridized carbons (Fsp3) is 1.00. The Kier molecular flexibility index (Phi) is 4.87. The Morgan fingerprint density at radius 2 is 1.85 bits per heavy atom. The molecule has 1 spiro atoms. The monoisotopic (exact) mass is 208 g/mol. The number of hydrogen-bond donors (Lipinski definition) is 1. The second kappa shape index (κ2) is 5.03. The molecule has 2 fully saturated rings. The molecule has 1 saturated carbocycles. The summed E-state index contributed by atoms with van der Waals surface area (Å²) in [5.41, 5.74) is 5.99. The van der Waals surface area contributed by atoms with Gasteiger partial charge in [0.1, 0.15) is 0 Å². The van der Waals surface area contributed by atoms with Crippen LogP contribution in [-0.4, -0.2) is 30.8 Å². The van der Waals surface area contributed by atoms with Crippen LogP contribution in [0.25, 0.3) is 0 Å². The average molecular weight is 208 g/mol. The molecule has 2 aliphatic rings. The Bertz CT molecular complexity index is 161. The molecule has 0 atom stereocenters. The minimum Gasteiger partial charge on any atom is -0.852 e. The fourth-order valence-electron chi connectivity index (χ4n) is 2.52. The Labute approximate surface area is 122 Å². The maximum absolute atomic E-state index is 11.0. The van der Waals surface area contributed by atoms with E-state index in [2.05, 4.69) is 4.90 Å². The molecule has 1 aliphatic heterocycles. The molecule has 70 valence electrons. The zero-order valence-corrected chi connectivity index (χ0v) is 11.6. The Morgan fingerprint density at radius 3 is 2.23 bits per heavy atom. The van der Waals surface area contributed by atoms with Gasteiger partial charge in [0.25, 0.3) is 0 Å². The van der Waals surface area contributed by atoms with Crippen molar-refractivity contribution in [2.45, 2.75) is 31.8 Å². The van der Waals surface area contributed by atoms with E-state index in [-0.39, 0.29) is 57.5 Å². The van der Waals surface area contributed by atoms with Gasteiger partial charge in [0.05, 0.1) is 0 Å². The van der Waals surface area contributed by atoms with Crippen molar-refractivity contribution in [2.24, 2.45) is 11.1 Å². The number of nitrogens with zero attached hydrogens (tertiary/aromatic N) is 1. The molecule has 0 radical (unpaired) electrons. The van der Waals surface area contributed by atoms with Gasteiger partial charge in [-0.2, -0.15) is 0 Å². The van der Waals surface area contributed by atoms with E-state index in [1.54, 1.807) is 0 Å². The predicted molar refractivity (Wildman–Crippen MR) is 45.3 cm³/mol. The summed E-state index contributed by atoms with van der Waals surface area (Å²) < 4.78 is 0. The molecule has 1 heterocycles. The molecule has 0 amide bonds.